The lowest BCUT2D eigenvalue weighted by Crippen LogP contribution is -2.57. The molecule has 18 heavy (non-hydrogen) atoms. The van der Waals surface area contributed by atoms with E-state index in [2.05, 4.69) is 9.84 Å². The number of hydrogen-bond acceptors (Lipinski definition) is 3. The van der Waals surface area contributed by atoms with E-state index in [1.54, 1.807) is 0 Å². The van der Waals surface area contributed by atoms with Gasteiger partial charge in [0.15, 0.2) is 0 Å². The molecule has 0 N–H and O–H groups in total. The van der Waals surface area contributed by atoms with Crippen LogP contribution in [-0.2, 0) is 9.74 Å². The fraction of sp³-hybridized carbons (Fsp3) is 0.923. The molecule has 1 saturated carbocycles. The maximum atomic E-state index is 12.0. The molecule has 0 aromatic heterocycles. The SMILES string of the molecule is CC(C)(COF)N1CCN(C(=O)CC2CC2)CC1. The Labute approximate surface area is 108 Å². The van der Waals surface area contributed by atoms with Gasteiger partial charge in [-0.1, -0.05) is 0 Å². The van der Waals surface area contributed by atoms with E-state index in [1.807, 2.05) is 18.7 Å². The normalized spacial score (nSPS) is 22.3. The van der Waals surface area contributed by atoms with Crippen molar-refractivity contribution < 1.29 is 14.3 Å². The molecule has 5 heteroatoms. The second-order valence-corrected chi connectivity index (χ2v) is 6.08. The minimum Gasteiger partial charge on any atom is -0.340 e. The molecule has 0 atom stereocenters. The summed E-state index contributed by atoms with van der Waals surface area (Å²) in [4.78, 5) is 19.9. The van der Waals surface area contributed by atoms with Gasteiger partial charge in [0.1, 0.15) is 6.61 Å². The van der Waals surface area contributed by atoms with Crippen molar-refractivity contribution in [2.75, 3.05) is 32.8 Å². The first-order valence-electron chi connectivity index (χ1n) is 6.79. The van der Waals surface area contributed by atoms with Gasteiger partial charge in [0.2, 0.25) is 5.91 Å². The van der Waals surface area contributed by atoms with E-state index >= 15 is 0 Å². The van der Waals surface area contributed by atoms with Crippen LogP contribution in [0.2, 0.25) is 0 Å². The maximum absolute atomic E-state index is 12.0. The summed E-state index contributed by atoms with van der Waals surface area (Å²) in [6.45, 7) is 7.10. The predicted octanol–water partition coefficient (Wildman–Crippen LogP) is 1.61. The fourth-order valence-corrected chi connectivity index (χ4v) is 2.48. The number of amides is 1. The molecular weight excluding hydrogens is 235 g/mol. The van der Waals surface area contributed by atoms with Crippen LogP contribution in [0.5, 0.6) is 0 Å². The lowest BCUT2D eigenvalue weighted by molar-refractivity contribution is -0.168. The van der Waals surface area contributed by atoms with E-state index in [4.69, 9.17) is 0 Å². The zero-order valence-corrected chi connectivity index (χ0v) is 11.3. The van der Waals surface area contributed by atoms with Crippen molar-refractivity contribution >= 4 is 5.91 Å². The van der Waals surface area contributed by atoms with E-state index in [0.717, 1.165) is 32.6 Å². The van der Waals surface area contributed by atoms with E-state index < -0.39 is 0 Å². The molecule has 0 radical (unpaired) electrons. The van der Waals surface area contributed by atoms with Gasteiger partial charge in [0.25, 0.3) is 0 Å². The van der Waals surface area contributed by atoms with Crippen LogP contribution in [0, 0.1) is 5.92 Å². The van der Waals surface area contributed by atoms with Crippen molar-refractivity contribution in [2.45, 2.75) is 38.6 Å². The van der Waals surface area contributed by atoms with Gasteiger partial charge in [-0.3, -0.25) is 9.69 Å². The van der Waals surface area contributed by atoms with Gasteiger partial charge in [0.05, 0.1) is 0 Å². The Morgan fingerprint density at radius 2 is 1.89 bits per heavy atom. The first-order valence-corrected chi connectivity index (χ1v) is 6.79. The summed E-state index contributed by atoms with van der Waals surface area (Å²) in [5.74, 6) is 0.934. The molecule has 0 bridgehead atoms. The molecule has 1 aliphatic carbocycles. The summed E-state index contributed by atoms with van der Waals surface area (Å²) in [6.07, 6.45) is 3.15. The van der Waals surface area contributed by atoms with Gasteiger partial charge in [-0.05, 0) is 37.1 Å². The topological polar surface area (TPSA) is 32.8 Å². The van der Waals surface area contributed by atoms with Crippen LogP contribution in [0.3, 0.4) is 0 Å². The Morgan fingerprint density at radius 3 is 2.39 bits per heavy atom. The zero-order chi connectivity index (χ0) is 13.2. The highest BCUT2D eigenvalue weighted by molar-refractivity contribution is 5.76. The number of carbonyl (C=O) groups excluding carboxylic acids is 1. The van der Waals surface area contributed by atoms with Gasteiger partial charge >= 0.3 is 0 Å². The van der Waals surface area contributed by atoms with Crippen LogP contribution in [0.25, 0.3) is 0 Å². The molecule has 2 rings (SSSR count). The number of halogens is 1. The van der Waals surface area contributed by atoms with Gasteiger partial charge in [-0.15, -0.1) is 0 Å². The number of piperazine rings is 1. The van der Waals surface area contributed by atoms with Gasteiger partial charge in [0, 0.05) is 38.1 Å². The minimum atomic E-state index is -0.305. The lowest BCUT2D eigenvalue weighted by atomic mass is 10.0. The molecule has 2 aliphatic rings. The largest absolute Gasteiger partial charge is 0.340 e. The smallest absolute Gasteiger partial charge is 0.222 e. The second-order valence-electron chi connectivity index (χ2n) is 6.08. The molecule has 1 saturated heterocycles. The van der Waals surface area contributed by atoms with Gasteiger partial charge < -0.3 is 4.90 Å². The Kier molecular flexibility index (Phi) is 4.22. The van der Waals surface area contributed by atoms with Crippen LogP contribution in [-0.4, -0.2) is 54.0 Å². The quantitative estimate of drug-likeness (QED) is 0.751. The molecule has 1 amide bonds. The van der Waals surface area contributed by atoms with Crippen LogP contribution >= 0.6 is 0 Å². The summed E-state index contributed by atoms with van der Waals surface area (Å²) in [5, 5.41) is 0. The van der Waals surface area contributed by atoms with Crippen molar-refractivity contribution in [3.8, 4) is 0 Å². The molecule has 1 aliphatic heterocycles. The highest BCUT2D eigenvalue weighted by Crippen LogP contribution is 2.33. The monoisotopic (exact) mass is 258 g/mol. The Balaban J connectivity index is 1.78. The van der Waals surface area contributed by atoms with Crippen LogP contribution < -0.4 is 0 Å². The Morgan fingerprint density at radius 1 is 1.28 bits per heavy atom. The molecule has 0 aromatic rings. The number of nitrogens with zero attached hydrogens (tertiary/aromatic N) is 2. The Bertz CT molecular complexity index is 297. The summed E-state index contributed by atoms with van der Waals surface area (Å²) >= 11 is 0. The number of rotatable bonds is 5. The number of carbonyl (C=O) groups is 1. The van der Waals surface area contributed by atoms with Crippen molar-refractivity contribution in [1.29, 1.82) is 0 Å². The van der Waals surface area contributed by atoms with E-state index in [-0.39, 0.29) is 18.1 Å². The molecule has 4 nitrogen and oxygen atoms in total. The zero-order valence-electron chi connectivity index (χ0n) is 11.3. The van der Waals surface area contributed by atoms with Crippen LogP contribution in [0.1, 0.15) is 33.1 Å². The molecular formula is C13H23FN2O2. The predicted molar refractivity (Wildman–Crippen MR) is 66.6 cm³/mol. The number of hydrogen-bond donors (Lipinski definition) is 0. The Hall–Kier alpha value is -0.680. The molecule has 0 spiro atoms. The summed E-state index contributed by atoms with van der Waals surface area (Å²) < 4.78 is 12.0. The highest BCUT2D eigenvalue weighted by atomic mass is 19.3. The average molecular weight is 258 g/mol. The third kappa shape index (κ3) is 3.42. The fourth-order valence-electron chi connectivity index (χ4n) is 2.48. The second kappa shape index (κ2) is 5.53. The van der Waals surface area contributed by atoms with Crippen molar-refractivity contribution in [3.05, 3.63) is 0 Å². The van der Waals surface area contributed by atoms with Crippen molar-refractivity contribution in [3.63, 3.8) is 0 Å². The maximum Gasteiger partial charge on any atom is 0.222 e. The highest BCUT2D eigenvalue weighted by Gasteiger charge is 2.33. The van der Waals surface area contributed by atoms with Crippen molar-refractivity contribution in [1.82, 2.24) is 9.80 Å². The molecule has 0 aromatic carbocycles. The van der Waals surface area contributed by atoms with E-state index in [9.17, 15) is 9.32 Å². The molecule has 1 heterocycles. The third-order valence-corrected chi connectivity index (χ3v) is 4.06. The molecule has 0 unspecified atom stereocenters. The van der Waals surface area contributed by atoms with E-state index in [0.29, 0.717) is 5.92 Å². The van der Waals surface area contributed by atoms with Crippen molar-refractivity contribution in [2.24, 2.45) is 5.92 Å². The minimum absolute atomic E-state index is 0.0724. The van der Waals surface area contributed by atoms with Gasteiger partial charge in [-0.2, -0.15) is 4.94 Å². The third-order valence-electron chi connectivity index (χ3n) is 4.06. The van der Waals surface area contributed by atoms with Crippen LogP contribution in [0.4, 0.5) is 4.53 Å². The first kappa shape index (κ1) is 13.7. The van der Waals surface area contributed by atoms with Gasteiger partial charge in [-0.25, -0.2) is 0 Å². The average Bonchev–Trinajstić information content (AvgIpc) is 3.13. The van der Waals surface area contributed by atoms with Crippen LogP contribution in [0.15, 0.2) is 0 Å². The van der Waals surface area contributed by atoms with E-state index in [1.165, 1.54) is 12.8 Å². The molecule has 104 valence electrons. The first-order chi connectivity index (χ1) is 8.53. The summed E-state index contributed by atoms with van der Waals surface area (Å²) in [6, 6.07) is 0. The lowest BCUT2D eigenvalue weighted by Gasteiger charge is -2.43. The summed E-state index contributed by atoms with van der Waals surface area (Å²) in [7, 11) is 0. The standard InChI is InChI=1S/C13H23FN2O2/c1-13(2,10-18-14)16-7-5-15(6-8-16)12(17)9-11-3-4-11/h11H,3-10H2,1-2H3. The molecule has 2 fully saturated rings. The summed E-state index contributed by atoms with van der Waals surface area (Å²) in [5.41, 5.74) is -0.305.